The molecule has 1 amide bonds. The molecule has 0 aliphatic carbocycles. The number of rotatable bonds is 8. The summed E-state index contributed by atoms with van der Waals surface area (Å²) in [7, 11) is 5.56. The zero-order valence-electron chi connectivity index (χ0n) is 16.0. The number of benzene rings is 2. The molecule has 148 valence electrons. The van der Waals surface area contributed by atoms with E-state index in [1.54, 1.807) is 36.3 Å². The molecule has 8 heteroatoms. The third-order valence-electron chi connectivity index (χ3n) is 4.06. The molecule has 28 heavy (non-hydrogen) atoms. The van der Waals surface area contributed by atoms with Crippen LogP contribution in [0.25, 0.3) is 10.2 Å². The zero-order valence-corrected chi connectivity index (χ0v) is 17.6. The highest BCUT2D eigenvalue weighted by Gasteiger charge is 2.20. The van der Waals surface area contributed by atoms with Gasteiger partial charge in [0.05, 0.1) is 17.3 Å². The van der Waals surface area contributed by atoms with Crippen LogP contribution in [-0.2, 0) is 4.79 Å². The molecule has 3 rings (SSSR count). The van der Waals surface area contributed by atoms with Gasteiger partial charge < -0.3 is 14.4 Å². The normalized spacial score (nSPS) is 11.0. The van der Waals surface area contributed by atoms with E-state index in [0.717, 1.165) is 16.0 Å². The van der Waals surface area contributed by atoms with Crippen LogP contribution in [0.2, 0.25) is 5.02 Å². The van der Waals surface area contributed by atoms with Crippen molar-refractivity contribution in [1.82, 2.24) is 9.88 Å². The van der Waals surface area contributed by atoms with Gasteiger partial charge in [-0.3, -0.25) is 9.69 Å². The van der Waals surface area contributed by atoms with Crippen LogP contribution in [0.4, 0.5) is 5.13 Å². The summed E-state index contributed by atoms with van der Waals surface area (Å²) in [4.78, 5) is 21.2. The molecule has 0 bridgehead atoms. The zero-order chi connectivity index (χ0) is 20.1. The minimum Gasteiger partial charge on any atom is -0.497 e. The highest BCUT2D eigenvalue weighted by molar-refractivity contribution is 7.22. The monoisotopic (exact) mass is 419 g/mol. The highest BCUT2D eigenvalue weighted by Crippen LogP contribution is 2.31. The predicted octanol–water partition coefficient (Wildman–Crippen LogP) is 3.93. The van der Waals surface area contributed by atoms with Crippen molar-refractivity contribution in [3.05, 3.63) is 47.5 Å². The van der Waals surface area contributed by atoms with E-state index in [1.165, 1.54) is 11.3 Å². The quantitative estimate of drug-likeness (QED) is 0.553. The summed E-state index contributed by atoms with van der Waals surface area (Å²) < 4.78 is 11.9. The molecule has 6 nitrogen and oxygen atoms in total. The molecular formula is C20H22ClN3O3S. The molecule has 2 aromatic carbocycles. The Bertz CT molecular complexity index is 944. The number of amides is 1. The maximum Gasteiger partial charge on any atom is 0.266 e. The van der Waals surface area contributed by atoms with E-state index in [-0.39, 0.29) is 12.5 Å². The largest absolute Gasteiger partial charge is 0.497 e. The number of likely N-dealkylation sites (N-methyl/N-ethyl adjacent to an activating group) is 1. The van der Waals surface area contributed by atoms with Gasteiger partial charge in [0, 0.05) is 24.2 Å². The SMILES string of the molecule is COc1ccc2sc(N(CCN(C)C)C(=O)COc3ccc(Cl)cc3)nc2c1. The maximum absolute atomic E-state index is 12.9. The number of carbonyl (C=O) groups is 1. The molecular weight excluding hydrogens is 398 g/mol. The lowest BCUT2D eigenvalue weighted by Crippen LogP contribution is -2.39. The summed E-state index contributed by atoms with van der Waals surface area (Å²) >= 11 is 7.36. The van der Waals surface area contributed by atoms with E-state index in [0.29, 0.717) is 29.0 Å². The first-order valence-electron chi connectivity index (χ1n) is 8.74. The van der Waals surface area contributed by atoms with Crippen molar-refractivity contribution in [1.29, 1.82) is 0 Å². The Labute approximate surface area is 173 Å². The fraction of sp³-hybridized carbons (Fsp3) is 0.300. The number of ether oxygens (including phenoxy) is 2. The van der Waals surface area contributed by atoms with Crippen molar-refractivity contribution in [2.45, 2.75) is 0 Å². The average molecular weight is 420 g/mol. The van der Waals surface area contributed by atoms with Crippen molar-refractivity contribution >= 4 is 44.2 Å². The minimum atomic E-state index is -0.150. The molecule has 0 N–H and O–H groups in total. The van der Waals surface area contributed by atoms with Gasteiger partial charge in [0.25, 0.3) is 5.91 Å². The fourth-order valence-corrected chi connectivity index (χ4v) is 3.63. The number of fused-ring (bicyclic) bond motifs is 1. The third kappa shape index (κ3) is 5.13. The molecule has 0 atom stereocenters. The Morgan fingerprint density at radius 1 is 1.11 bits per heavy atom. The van der Waals surface area contributed by atoms with Gasteiger partial charge in [-0.05, 0) is 50.5 Å². The van der Waals surface area contributed by atoms with Gasteiger partial charge in [0.1, 0.15) is 11.5 Å². The molecule has 0 spiro atoms. The molecule has 3 aromatic rings. The van der Waals surface area contributed by atoms with E-state index in [4.69, 9.17) is 21.1 Å². The second kappa shape index (κ2) is 9.23. The maximum atomic E-state index is 12.9. The van der Waals surface area contributed by atoms with Crippen LogP contribution < -0.4 is 14.4 Å². The van der Waals surface area contributed by atoms with Crippen LogP contribution >= 0.6 is 22.9 Å². The first-order chi connectivity index (χ1) is 13.5. The van der Waals surface area contributed by atoms with Gasteiger partial charge in [0.15, 0.2) is 11.7 Å². The number of halogens is 1. The molecule has 0 aliphatic rings. The van der Waals surface area contributed by atoms with Crippen LogP contribution in [0.1, 0.15) is 0 Å². The van der Waals surface area contributed by atoms with E-state index < -0.39 is 0 Å². The predicted molar refractivity (Wildman–Crippen MR) is 114 cm³/mol. The number of nitrogens with zero attached hydrogens (tertiary/aromatic N) is 3. The van der Waals surface area contributed by atoms with Crippen molar-refractivity contribution in [3.63, 3.8) is 0 Å². The lowest BCUT2D eigenvalue weighted by molar-refractivity contribution is -0.120. The van der Waals surface area contributed by atoms with Crippen molar-refractivity contribution in [2.24, 2.45) is 0 Å². The topological polar surface area (TPSA) is 54.9 Å². The van der Waals surface area contributed by atoms with Gasteiger partial charge in [-0.25, -0.2) is 4.98 Å². The number of anilines is 1. The number of methoxy groups -OCH3 is 1. The Hall–Kier alpha value is -2.35. The van der Waals surface area contributed by atoms with E-state index in [9.17, 15) is 4.79 Å². The molecule has 0 radical (unpaired) electrons. The first kappa shape index (κ1) is 20.4. The first-order valence-corrected chi connectivity index (χ1v) is 9.94. The summed E-state index contributed by atoms with van der Waals surface area (Å²) in [5, 5.41) is 1.27. The summed E-state index contributed by atoms with van der Waals surface area (Å²) in [5.74, 6) is 1.18. The lowest BCUT2D eigenvalue weighted by Gasteiger charge is -2.22. The summed E-state index contributed by atoms with van der Waals surface area (Å²) in [6.07, 6.45) is 0. The van der Waals surface area contributed by atoms with Crippen LogP contribution in [0, 0.1) is 0 Å². The van der Waals surface area contributed by atoms with Gasteiger partial charge in [-0.15, -0.1) is 0 Å². The number of thiazole rings is 1. The molecule has 0 saturated heterocycles. The van der Waals surface area contributed by atoms with Crippen LogP contribution in [0.3, 0.4) is 0 Å². The second-order valence-corrected chi connectivity index (χ2v) is 7.87. The molecule has 1 heterocycles. The van der Waals surface area contributed by atoms with Crippen LogP contribution in [-0.4, -0.2) is 56.7 Å². The molecule has 0 aliphatic heterocycles. The van der Waals surface area contributed by atoms with Crippen molar-refractivity contribution in [2.75, 3.05) is 45.8 Å². The van der Waals surface area contributed by atoms with Crippen LogP contribution in [0.15, 0.2) is 42.5 Å². The van der Waals surface area contributed by atoms with E-state index in [1.807, 2.05) is 37.2 Å². The Morgan fingerprint density at radius 3 is 2.50 bits per heavy atom. The number of hydrogen-bond donors (Lipinski definition) is 0. The Morgan fingerprint density at radius 2 is 1.82 bits per heavy atom. The minimum absolute atomic E-state index is 0.0751. The summed E-state index contributed by atoms with van der Waals surface area (Å²) in [5.41, 5.74) is 0.806. The summed E-state index contributed by atoms with van der Waals surface area (Å²) in [6, 6.07) is 12.6. The molecule has 0 fully saturated rings. The van der Waals surface area contributed by atoms with Gasteiger partial charge >= 0.3 is 0 Å². The number of carbonyl (C=O) groups excluding carboxylic acids is 1. The molecule has 1 aromatic heterocycles. The molecule has 0 saturated carbocycles. The average Bonchev–Trinajstić information content (AvgIpc) is 3.10. The summed E-state index contributed by atoms with van der Waals surface area (Å²) in [6.45, 7) is 1.16. The number of aromatic nitrogens is 1. The highest BCUT2D eigenvalue weighted by atomic mass is 35.5. The standard InChI is InChI=1S/C20H22ClN3O3S/c1-23(2)10-11-24(19(25)13-27-15-6-4-14(21)5-7-15)20-22-17-12-16(26-3)8-9-18(17)28-20/h4-9,12H,10-11,13H2,1-3H3. The Balaban J connectivity index is 1.79. The van der Waals surface area contributed by atoms with Gasteiger partial charge in [0.2, 0.25) is 0 Å². The second-order valence-electron chi connectivity index (χ2n) is 6.42. The van der Waals surface area contributed by atoms with Crippen molar-refractivity contribution < 1.29 is 14.3 Å². The van der Waals surface area contributed by atoms with Crippen LogP contribution in [0.5, 0.6) is 11.5 Å². The number of hydrogen-bond acceptors (Lipinski definition) is 6. The van der Waals surface area contributed by atoms with Crippen molar-refractivity contribution in [3.8, 4) is 11.5 Å². The van der Waals surface area contributed by atoms with E-state index >= 15 is 0 Å². The fourth-order valence-electron chi connectivity index (χ4n) is 2.52. The third-order valence-corrected chi connectivity index (χ3v) is 5.37. The smallest absolute Gasteiger partial charge is 0.266 e. The van der Waals surface area contributed by atoms with E-state index in [2.05, 4.69) is 4.98 Å². The Kier molecular flexibility index (Phi) is 6.72. The van der Waals surface area contributed by atoms with Gasteiger partial charge in [-0.1, -0.05) is 22.9 Å². The van der Waals surface area contributed by atoms with Gasteiger partial charge in [-0.2, -0.15) is 0 Å². The molecule has 0 unspecified atom stereocenters. The lowest BCUT2D eigenvalue weighted by atomic mass is 10.3.